The van der Waals surface area contributed by atoms with Gasteiger partial charge >= 0.3 is 0 Å². The molecule has 6 rings (SSSR count). The predicted octanol–water partition coefficient (Wildman–Crippen LogP) is 7.28. The van der Waals surface area contributed by atoms with Crippen molar-refractivity contribution in [3.8, 4) is 11.5 Å². The van der Waals surface area contributed by atoms with E-state index in [-0.39, 0.29) is 52.1 Å². The number of benzene rings is 3. The number of allylic oxidation sites excluding steroid dienone is 1. The Labute approximate surface area is 260 Å². The molecular weight excluding hydrogens is 600 g/mol. The van der Waals surface area contributed by atoms with Crippen LogP contribution in [0.5, 0.6) is 11.5 Å². The van der Waals surface area contributed by atoms with Crippen LogP contribution in [0.2, 0.25) is 0 Å². The fourth-order valence-electron chi connectivity index (χ4n) is 6.08. The predicted molar refractivity (Wildman–Crippen MR) is 171 cm³/mol. The highest BCUT2D eigenvalue weighted by molar-refractivity contribution is 7.95. The Morgan fingerprint density at radius 2 is 1.93 bits per heavy atom. The van der Waals surface area contributed by atoms with Crippen LogP contribution in [0.15, 0.2) is 88.1 Å². The summed E-state index contributed by atoms with van der Waals surface area (Å²) in [5.41, 5.74) is 2.76. The summed E-state index contributed by atoms with van der Waals surface area (Å²) in [5.74, 6) is -1.20. The average Bonchev–Trinajstić information content (AvgIpc) is 3.42. The monoisotopic (exact) mass is 632 g/mol. The third kappa shape index (κ3) is 5.71. The second kappa shape index (κ2) is 11.4. The Balaban J connectivity index is 1.54. The summed E-state index contributed by atoms with van der Waals surface area (Å²) < 4.78 is 50.4. The Kier molecular flexibility index (Phi) is 7.75. The summed E-state index contributed by atoms with van der Waals surface area (Å²) in [6.07, 6.45) is 0.255. The molecule has 0 saturated carbocycles. The Morgan fingerprint density at radius 3 is 2.66 bits per heavy atom. The number of hydrogen-bond acceptors (Lipinski definition) is 7. The summed E-state index contributed by atoms with van der Waals surface area (Å²) in [4.78, 5) is 15.7. The van der Waals surface area contributed by atoms with Gasteiger partial charge in [-0.15, -0.1) is 0 Å². The van der Waals surface area contributed by atoms with Crippen LogP contribution < -0.4 is 15.0 Å². The topological polar surface area (TPSA) is 95.9 Å². The van der Waals surface area contributed by atoms with E-state index in [1.807, 2.05) is 61.9 Å². The number of fused-ring (bicyclic) bond motifs is 1. The van der Waals surface area contributed by atoms with E-state index in [2.05, 4.69) is 5.32 Å². The van der Waals surface area contributed by atoms with E-state index in [1.54, 1.807) is 18.2 Å². The zero-order valence-corrected chi connectivity index (χ0v) is 26.3. The number of carbonyl (C=O) groups is 1. The fraction of sp³-hybridized carbons (Fsp3) is 0.265. The summed E-state index contributed by atoms with van der Waals surface area (Å²) in [6.45, 7) is 5.85. The first kappa shape index (κ1) is 29.9. The lowest BCUT2D eigenvalue weighted by atomic mass is 9.88. The molecule has 0 unspecified atom stereocenters. The maximum atomic E-state index is 16.3. The number of ether oxygens (including phenoxy) is 1. The van der Waals surface area contributed by atoms with Crippen LogP contribution >= 0.6 is 11.3 Å². The first-order valence-corrected chi connectivity index (χ1v) is 16.9. The molecule has 0 aliphatic carbocycles. The molecule has 228 valence electrons. The first-order chi connectivity index (χ1) is 20.9. The van der Waals surface area contributed by atoms with E-state index in [0.29, 0.717) is 12.1 Å². The molecular formula is C34H33FN2O5S2. The quantitative estimate of drug-likeness (QED) is 0.217. The van der Waals surface area contributed by atoms with Gasteiger partial charge in [0, 0.05) is 17.3 Å². The fourth-order valence-corrected chi connectivity index (χ4v) is 9.09. The molecule has 10 heteroatoms. The number of halogens is 1. The minimum Gasteiger partial charge on any atom is -0.506 e. The van der Waals surface area contributed by atoms with Crippen LogP contribution in [0, 0.1) is 18.2 Å². The number of carbonyl (C=O) groups excluding carboxylic acids is 1. The molecule has 2 aliphatic heterocycles. The number of aryl methyl sites for hydroxylation is 1. The van der Waals surface area contributed by atoms with Crippen molar-refractivity contribution in [3.63, 3.8) is 0 Å². The highest BCUT2D eigenvalue weighted by Crippen LogP contribution is 2.51. The number of sulfone groups is 1. The third-order valence-electron chi connectivity index (χ3n) is 8.05. The van der Waals surface area contributed by atoms with Crippen molar-refractivity contribution >= 4 is 38.5 Å². The molecule has 7 nitrogen and oxygen atoms in total. The Morgan fingerprint density at radius 1 is 1.14 bits per heavy atom. The molecule has 0 radical (unpaired) electrons. The van der Waals surface area contributed by atoms with Crippen molar-refractivity contribution in [1.29, 1.82) is 0 Å². The summed E-state index contributed by atoms with van der Waals surface area (Å²) in [6, 6.07) is 17.0. The second-order valence-electron chi connectivity index (χ2n) is 12.1. The number of anilines is 2. The number of phenolic OH excluding ortho intramolecular Hbond substituents is 1. The van der Waals surface area contributed by atoms with Crippen LogP contribution in [0.1, 0.15) is 48.6 Å². The first-order valence-electron chi connectivity index (χ1n) is 14.3. The van der Waals surface area contributed by atoms with Gasteiger partial charge in [-0.3, -0.25) is 9.69 Å². The van der Waals surface area contributed by atoms with Gasteiger partial charge in [-0.2, -0.15) is 11.3 Å². The molecule has 1 amide bonds. The number of nitrogens with one attached hydrogen (secondary N) is 1. The van der Waals surface area contributed by atoms with Crippen molar-refractivity contribution in [2.75, 3.05) is 16.0 Å². The Hall–Kier alpha value is -4.15. The summed E-state index contributed by atoms with van der Waals surface area (Å²) in [7, 11) is -4.01. The SMILES string of the molecule is Cc1ccccc1CC(=O)N1c2cccc(O)c2NC2=C([C@H]1c1ccc(OCc3ccsc3)cc1F)S(=O)(=O)CC(C)(C)C2. The highest BCUT2D eigenvalue weighted by atomic mass is 32.2. The molecule has 3 aromatic carbocycles. The molecule has 2 N–H and O–H groups in total. The van der Waals surface area contributed by atoms with Gasteiger partial charge in [0.1, 0.15) is 35.7 Å². The van der Waals surface area contributed by atoms with Crippen LogP contribution in [-0.2, 0) is 27.7 Å². The molecule has 4 aromatic rings. The van der Waals surface area contributed by atoms with E-state index >= 15 is 4.39 Å². The Bertz CT molecular complexity index is 1880. The van der Waals surface area contributed by atoms with E-state index < -0.39 is 33.0 Å². The normalized spacial score (nSPS) is 18.5. The molecule has 0 bridgehead atoms. The van der Waals surface area contributed by atoms with Crippen LogP contribution in [0.25, 0.3) is 0 Å². The van der Waals surface area contributed by atoms with Crippen molar-refractivity contribution in [2.45, 2.75) is 46.3 Å². The number of aromatic hydroxyl groups is 1. The van der Waals surface area contributed by atoms with E-state index in [9.17, 15) is 18.3 Å². The number of thiophene rings is 1. The van der Waals surface area contributed by atoms with Crippen LogP contribution in [0.3, 0.4) is 0 Å². The highest BCUT2D eigenvalue weighted by Gasteiger charge is 2.47. The zero-order valence-electron chi connectivity index (χ0n) is 24.6. The van der Waals surface area contributed by atoms with Crippen LogP contribution in [0.4, 0.5) is 15.8 Å². The lowest BCUT2D eigenvalue weighted by Gasteiger charge is -2.37. The largest absolute Gasteiger partial charge is 0.506 e. The van der Waals surface area contributed by atoms with Crippen molar-refractivity contribution in [3.05, 3.63) is 116 Å². The third-order valence-corrected chi connectivity index (χ3v) is 11.1. The molecule has 0 saturated heterocycles. The van der Waals surface area contributed by atoms with Gasteiger partial charge in [-0.05, 0) is 76.5 Å². The molecule has 0 fully saturated rings. The van der Waals surface area contributed by atoms with Crippen molar-refractivity contribution in [2.24, 2.45) is 5.41 Å². The van der Waals surface area contributed by atoms with Gasteiger partial charge in [-0.25, -0.2) is 12.8 Å². The molecule has 3 heterocycles. The van der Waals surface area contributed by atoms with Crippen LogP contribution in [-0.4, -0.2) is 25.2 Å². The molecule has 44 heavy (non-hydrogen) atoms. The minimum absolute atomic E-state index is 0.0137. The number of amides is 1. The maximum Gasteiger partial charge on any atom is 0.232 e. The number of nitrogens with zero attached hydrogens (tertiary/aromatic N) is 1. The van der Waals surface area contributed by atoms with E-state index in [0.717, 1.165) is 16.7 Å². The number of hydrogen-bond donors (Lipinski definition) is 2. The molecule has 0 spiro atoms. The lowest BCUT2D eigenvalue weighted by molar-refractivity contribution is -0.118. The number of phenols is 1. The van der Waals surface area contributed by atoms with Gasteiger partial charge in [0.05, 0.1) is 22.8 Å². The van der Waals surface area contributed by atoms with Gasteiger partial charge in [-0.1, -0.05) is 44.2 Å². The molecule has 1 aromatic heterocycles. The van der Waals surface area contributed by atoms with Crippen molar-refractivity contribution in [1.82, 2.24) is 0 Å². The van der Waals surface area contributed by atoms with Gasteiger partial charge < -0.3 is 15.2 Å². The lowest BCUT2D eigenvalue weighted by Crippen LogP contribution is -2.42. The molecule has 1 atom stereocenters. The zero-order chi connectivity index (χ0) is 31.2. The summed E-state index contributed by atoms with van der Waals surface area (Å²) >= 11 is 1.53. The van der Waals surface area contributed by atoms with Gasteiger partial charge in [0.15, 0.2) is 9.84 Å². The van der Waals surface area contributed by atoms with E-state index in [1.165, 1.54) is 34.4 Å². The second-order valence-corrected chi connectivity index (χ2v) is 14.9. The molecule has 2 aliphatic rings. The standard InChI is InChI=1S/C34H33FN2O5S2/c1-21-7-4-5-8-23(21)15-30(39)37-28-9-6-10-29(38)31(28)36-27-17-34(2,3)20-44(40,41)33(27)32(37)25-12-11-24(16-26(25)35)42-18-22-13-14-43-19-22/h4-14,16,19,32,36,38H,15,17-18,20H2,1-3H3/t32-/m1/s1. The number of rotatable bonds is 6. The van der Waals surface area contributed by atoms with Gasteiger partial charge in [0.25, 0.3) is 0 Å². The smallest absolute Gasteiger partial charge is 0.232 e. The van der Waals surface area contributed by atoms with Crippen molar-refractivity contribution < 1.29 is 27.4 Å². The average molecular weight is 633 g/mol. The van der Waals surface area contributed by atoms with Gasteiger partial charge in [0.2, 0.25) is 5.91 Å². The maximum absolute atomic E-state index is 16.3. The summed E-state index contributed by atoms with van der Waals surface area (Å²) in [5, 5.41) is 18.0. The number of para-hydroxylation sites is 1. The van der Waals surface area contributed by atoms with E-state index in [4.69, 9.17) is 4.74 Å². The minimum atomic E-state index is -4.01.